The van der Waals surface area contributed by atoms with Crippen LogP contribution >= 0.6 is 0 Å². The van der Waals surface area contributed by atoms with E-state index in [-0.39, 0.29) is 12.1 Å². The number of ether oxygens (including phenoxy) is 1. The van der Waals surface area contributed by atoms with Gasteiger partial charge in [-0.3, -0.25) is 0 Å². The van der Waals surface area contributed by atoms with Crippen molar-refractivity contribution in [3.05, 3.63) is 12.7 Å². The number of carbonyl (C=O) groups excluding carboxylic acids is 1. The summed E-state index contributed by atoms with van der Waals surface area (Å²) in [6.07, 6.45) is 40.3. The number of hydrogen-bond donors (Lipinski definition) is 0. The second-order valence-electron chi connectivity index (χ2n) is 16.1. The van der Waals surface area contributed by atoms with Crippen molar-refractivity contribution in [3.63, 3.8) is 0 Å². The highest BCUT2D eigenvalue weighted by Gasteiger charge is 2.30. The van der Waals surface area contributed by atoms with Crippen LogP contribution in [0.1, 0.15) is 194 Å². The molecule has 0 atom stereocenters. The Hall–Kier alpha value is -0.870. The molecule has 0 aromatic carbocycles. The quantitative estimate of drug-likeness (QED) is 0.0292. The lowest BCUT2D eigenvalue weighted by atomic mass is 10.0. The van der Waals surface area contributed by atoms with Crippen LogP contribution in [0.2, 0.25) is 0 Å². The van der Waals surface area contributed by atoms with Crippen molar-refractivity contribution in [2.24, 2.45) is 0 Å². The van der Waals surface area contributed by atoms with Gasteiger partial charge in [0.25, 0.3) is 0 Å². The van der Waals surface area contributed by atoms with E-state index in [0.29, 0.717) is 0 Å². The molecule has 274 valence electrons. The highest BCUT2D eigenvalue weighted by molar-refractivity contribution is 5.81. The Balaban J connectivity index is 4.12. The minimum atomic E-state index is -0.280. The number of likely N-dealkylation sites (N-methyl/N-ethyl adjacent to an activating group) is 2. The minimum Gasteiger partial charge on any atom is -0.447 e. The Morgan fingerprint density at radius 3 is 0.957 bits per heavy atom. The molecular formula is C42H86N2O2+2. The van der Waals surface area contributed by atoms with Gasteiger partial charge in [-0.2, -0.15) is 0 Å². The SMILES string of the molecule is C=CC(=O)OC(C[N+](C)(C)CCCCCCCCCCCCCCCC)C[N+](C)(C)CCCCCCCCCCCCCCCC. The summed E-state index contributed by atoms with van der Waals surface area (Å²) < 4.78 is 7.75. The molecular weight excluding hydrogens is 564 g/mol. The third-order valence-electron chi connectivity index (χ3n) is 10.1. The normalized spacial score (nSPS) is 12.2. The summed E-state index contributed by atoms with van der Waals surface area (Å²) in [5.41, 5.74) is 0. The van der Waals surface area contributed by atoms with Gasteiger partial charge in [0.15, 0.2) is 6.10 Å². The molecule has 0 N–H and O–H groups in total. The Labute approximate surface area is 290 Å². The molecule has 0 aliphatic carbocycles. The van der Waals surface area contributed by atoms with Gasteiger partial charge in [-0.1, -0.05) is 175 Å². The van der Waals surface area contributed by atoms with Crippen LogP contribution in [-0.4, -0.2) is 75.4 Å². The standard InChI is InChI=1S/C42H86N2O2/c1-8-11-13-15-17-19-21-23-25-27-29-31-33-35-37-43(4,5)39-41(46-42(45)10-3)40-44(6,7)38-36-34-32-30-28-26-24-22-20-18-16-14-12-9-2/h10,41H,3,8-9,11-40H2,1-2,4-7H3/q+2. The van der Waals surface area contributed by atoms with Crippen molar-refractivity contribution in [1.29, 1.82) is 0 Å². The van der Waals surface area contributed by atoms with Gasteiger partial charge in [-0.15, -0.1) is 0 Å². The Kier molecular flexibility index (Phi) is 30.8. The number of unbranched alkanes of at least 4 members (excludes halogenated alkanes) is 26. The van der Waals surface area contributed by atoms with E-state index in [1.54, 1.807) is 0 Å². The summed E-state index contributed by atoms with van der Waals surface area (Å²) >= 11 is 0. The van der Waals surface area contributed by atoms with Gasteiger partial charge in [0.1, 0.15) is 13.1 Å². The van der Waals surface area contributed by atoms with Crippen LogP contribution in [0.3, 0.4) is 0 Å². The molecule has 0 radical (unpaired) electrons. The molecule has 0 aliphatic heterocycles. The largest absolute Gasteiger partial charge is 0.447 e. The van der Waals surface area contributed by atoms with Crippen LogP contribution in [0.25, 0.3) is 0 Å². The highest BCUT2D eigenvalue weighted by atomic mass is 16.5. The van der Waals surface area contributed by atoms with Crippen molar-refractivity contribution in [1.82, 2.24) is 0 Å². The first-order valence-electron chi connectivity index (χ1n) is 20.6. The topological polar surface area (TPSA) is 26.3 Å². The molecule has 0 saturated heterocycles. The third kappa shape index (κ3) is 31.7. The fourth-order valence-corrected chi connectivity index (χ4v) is 7.10. The van der Waals surface area contributed by atoms with Crippen LogP contribution in [0.15, 0.2) is 12.7 Å². The summed E-state index contributed by atoms with van der Waals surface area (Å²) in [6, 6.07) is 0. The first-order valence-corrected chi connectivity index (χ1v) is 20.6. The van der Waals surface area contributed by atoms with Crippen LogP contribution in [0, 0.1) is 0 Å². The minimum absolute atomic E-state index is 0.0752. The molecule has 0 fully saturated rings. The summed E-state index contributed by atoms with van der Waals surface area (Å²) in [5, 5.41) is 0. The van der Waals surface area contributed by atoms with Gasteiger partial charge < -0.3 is 13.7 Å². The zero-order valence-corrected chi connectivity index (χ0v) is 32.7. The number of nitrogens with zero attached hydrogens (tertiary/aromatic N) is 2. The van der Waals surface area contributed by atoms with Crippen LogP contribution in [0.5, 0.6) is 0 Å². The predicted octanol–water partition coefficient (Wildman–Crippen LogP) is 12.2. The van der Waals surface area contributed by atoms with Gasteiger partial charge in [-0.25, -0.2) is 4.79 Å². The molecule has 0 spiro atoms. The van der Waals surface area contributed by atoms with Gasteiger partial charge in [0.05, 0.1) is 41.3 Å². The number of rotatable bonds is 36. The summed E-state index contributed by atoms with van der Waals surface area (Å²) in [7, 11) is 9.24. The monoisotopic (exact) mass is 651 g/mol. The van der Waals surface area contributed by atoms with E-state index in [9.17, 15) is 4.79 Å². The molecule has 0 aliphatic rings. The van der Waals surface area contributed by atoms with Gasteiger partial charge in [0.2, 0.25) is 0 Å². The van der Waals surface area contributed by atoms with Crippen molar-refractivity contribution in [2.45, 2.75) is 200 Å². The van der Waals surface area contributed by atoms with E-state index in [1.165, 1.54) is 186 Å². The first-order chi connectivity index (χ1) is 22.2. The molecule has 0 heterocycles. The summed E-state index contributed by atoms with van der Waals surface area (Å²) in [6.45, 7) is 12.3. The summed E-state index contributed by atoms with van der Waals surface area (Å²) in [4.78, 5) is 12.2. The smallest absolute Gasteiger partial charge is 0.330 e. The number of quaternary nitrogens is 2. The molecule has 0 aromatic heterocycles. The lowest BCUT2D eigenvalue weighted by Crippen LogP contribution is -2.54. The van der Waals surface area contributed by atoms with Crippen LogP contribution < -0.4 is 0 Å². The molecule has 0 unspecified atom stereocenters. The number of carbonyl (C=O) groups is 1. The maximum absolute atomic E-state index is 12.2. The van der Waals surface area contributed by atoms with Crippen LogP contribution in [0.4, 0.5) is 0 Å². The van der Waals surface area contributed by atoms with E-state index in [1.807, 2.05) is 0 Å². The van der Waals surface area contributed by atoms with E-state index in [0.717, 1.165) is 35.1 Å². The second kappa shape index (κ2) is 31.4. The molecule has 0 bridgehead atoms. The van der Waals surface area contributed by atoms with Crippen molar-refractivity contribution in [3.8, 4) is 0 Å². The zero-order chi connectivity index (χ0) is 34.2. The second-order valence-corrected chi connectivity index (χ2v) is 16.1. The lowest BCUT2D eigenvalue weighted by molar-refractivity contribution is -0.914. The first kappa shape index (κ1) is 45.1. The molecule has 4 heteroatoms. The average molecular weight is 651 g/mol. The maximum Gasteiger partial charge on any atom is 0.330 e. The molecule has 46 heavy (non-hydrogen) atoms. The lowest BCUT2D eigenvalue weighted by Gasteiger charge is -2.37. The molecule has 0 rings (SSSR count). The fraction of sp³-hybridized carbons (Fsp3) is 0.929. The fourth-order valence-electron chi connectivity index (χ4n) is 7.10. The summed E-state index contributed by atoms with van der Waals surface area (Å²) in [5.74, 6) is -0.280. The number of hydrogen-bond acceptors (Lipinski definition) is 2. The Bertz CT molecular complexity index is 629. The van der Waals surface area contributed by atoms with Crippen LogP contribution in [-0.2, 0) is 9.53 Å². The van der Waals surface area contributed by atoms with E-state index in [2.05, 4.69) is 48.6 Å². The predicted molar refractivity (Wildman–Crippen MR) is 204 cm³/mol. The van der Waals surface area contributed by atoms with Crippen molar-refractivity contribution in [2.75, 3.05) is 54.4 Å². The van der Waals surface area contributed by atoms with Crippen molar-refractivity contribution < 1.29 is 18.5 Å². The van der Waals surface area contributed by atoms with Crippen molar-refractivity contribution >= 4 is 5.97 Å². The molecule has 0 saturated carbocycles. The third-order valence-corrected chi connectivity index (χ3v) is 10.1. The average Bonchev–Trinajstić information content (AvgIpc) is 3.00. The Morgan fingerprint density at radius 2 is 0.717 bits per heavy atom. The molecule has 4 nitrogen and oxygen atoms in total. The molecule has 0 aromatic rings. The molecule has 0 amide bonds. The Morgan fingerprint density at radius 1 is 0.478 bits per heavy atom. The maximum atomic E-state index is 12.2. The number of esters is 1. The zero-order valence-electron chi connectivity index (χ0n) is 32.7. The van der Waals surface area contributed by atoms with Gasteiger partial charge in [0, 0.05) is 6.08 Å². The highest BCUT2D eigenvalue weighted by Crippen LogP contribution is 2.17. The van der Waals surface area contributed by atoms with E-state index < -0.39 is 0 Å². The van der Waals surface area contributed by atoms with Gasteiger partial charge in [-0.05, 0) is 25.7 Å². The van der Waals surface area contributed by atoms with Gasteiger partial charge >= 0.3 is 5.97 Å². The van der Waals surface area contributed by atoms with E-state index in [4.69, 9.17) is 4.74 Å². The van der Waals surface area contributed by atoms with E-state index >= 15 is 0 Å².